The van der Waals surface area contributed by atoms with Gasteiger partial charge in [-0.1, -0.05) is 24.3 Å². The van der Waals surface area contributed by atoms with Gasteiger partial charge in [-0.05, 0) is 63.1 Å². The van der Waals surface area contributed by atoms with Crippen LogP contribution in [0.5, 0.6) is 0 Å². The van der Waals surface area contributed by atoms with Crippen molar-refractivity contribution in [3.8, 4) is 5.69 Å². The van der Waals surface area contributed by atoms with Crippen molar-refractivity contribution in [2.24, 2.45) is 0 Å². The molecule has 0 aliphatic rings. The number of hydrogen-bond acceptors (Lipinski definition) is 3. The van der Waals surface area contributed by atoms with E-state index in [0.717, 1.165) is 28.5 Å². The molecule has 1 N–H and O–H groups in total. The normalized spacial score (nSPS) is 10.8. The quantitative estimate of drug-likeness (QED) is 0.685. The first-order valence-corrected chi connectivity index (χ1v) is 9.56. The molecule has 0 aliphatic carbocycles. The molecule has 0 unspecified atom stereocenters. The minimum absolute atomic E-state index is 0.00460. The van der Waals surface area contributed by atoms with Crippen LogP contribution < -0.4 is 10.2 Å². The molecule has 0 saturated carbocycles. The van der Waals surface area contributed by atoms with Gasteiger partial charge >= 0.3 is 0 Å². The lowest BCUT2D eigenvalue weighted by Crippen LogP contribution is -2.24. The highest BCUT2D eigenvalue weighted by Gasteiger charge is 2.15. The lowest BCUT2D eigenvalue weighted by atomic mass is 10.1. The summed E-state index contributed by atoms with van der Waals surface area (Å²) in [4.78, 5) is 14.7. The third-order valence-electron chi connectivity index (χ3n) is 4.88. The van der Waals surface area contributed by atoms with E-state index >= 15 is 0 Å². The number of nitrogens with zero attached hydrogens (tertiary/aromatic N) is 3. The first-order valence-electron chi connectivity index (χ1n) is 9.56. The lowest BCUT2D eigenvalue weighted by Gasteiger charge is -2.20. The van der Waals surface area contributed by atoms with Gasteiger partial charge in [0.05, 0.1) is 22.8 Å². The second-order valence-corrected chi connectivity index (χ2v) is 7.36. The van der Waals surface area contributed by atoms with Crippen molar-refractivity contribution in [3.05, 3.63) is 71.0 Å². The predicted molar refractivity (Wildman–Crippen MR) is 115 cm³/mol. The number of para-hydroxylation sites is 1. The van der Waals surface area contributed by atoms with Crippen molar-refractivity contribution in [2.45, 2.75) is 34.1 Å². The monoisotopic (exact) mass is 376 g/mol. The third-order valence-corrected chi connectivity index (χ3v) is 4.88. The van der Waals surface area contributed by atoms with E-state index in [2.05, 4.69) is 47.4 Å². The summed E-state index contributed by atoms with van der Waals surface area (Å²) >= 11 is 0. The van der Waals surface area contributed by atoms with Crippen LogP contribution in [-0.4, -0.2) is 29.3 Å². The van der Waals surface area contributed by atoms with Crippen LogP contribution in [0, 0.1) is 27.7 Å². The molecule has 0 saturated heterocycles. The maximum absolute atomic E-state index is 12.6. The fourth-order valence-corrected chi connectivity index (χ4v) is 3.42. The molecular weight excluding hydrogens is 348 g/mol. The lowest BCUT2D eigenvalue weighted by molar-refractivity contribution is -0.116. The van der Waals surface area contributed by atoms with Gasteiger partial charge in [-0.25, -0.2) is 4.68 Å². The summed E-state index contributed by atoms with van der Waals surface area (Å²) in [6.07, 6.45) is 0.416. The van der Waals surface area contributed by atoms with E-state index in [1.165, 1.54) is 11.1 Å². The van der Waals surface area contributed by atoms with Crippen LogP contribution in [0.15, 0.2) is 48.5 Å². The SMILES string of the molecule is Cc1cc(C)cc(N(C)CCC(=O)Nc2c(C)nn(-c3ccccc3)c2C)c1. The topological polar surface area (TPSA) is 50.2 Å². The van der Waals surface area contributed by atoms with Gasteiger partial charge in [0.1, 0.15) is 0 Å². The molecule has 0 aliphatic heterocycles. The van der Waals surface area contributed by atoms with Gasteiger partial charge in [-0.15, -0.1) is 0 Å². The van der Waals surface area contributed by atoms with Crippen LogP contribution in [0.4, 0.5) is 11.4 Å². The number of carbonyl (C=O) groups excluding carboxylic acids is 1. The number of aryl methyl sites for hydroxylation is 3. The molecule has 0 fully saturated rings. The van der Waals surface area contributed by atoms with Gasteiger partial charge in [0.15, 0.2) is 0 Å². The molecule has 5 heteroatoms. The molecule has 3 aromatic rings. The van der Waals surface area contributed by atoms with Crippen molar-refractivity contribution in [1.29, 1.82) is 0 Å². The number of amides is 1. The second-order valence-electron chi connectivity index (χ2n) is 7.36. The van der Waals surface area contributed by atoms with Gasteiger partial charge in [-0.3, -0.25) is 4.79 Å². The molecule has 28 heavy (non-hydrogen) atoms. The van der Waals surface area contributed by atoms with Crippen LogP contribution in [-0.2, 0) is 4.79 Å². The Hall–Kier alpha value is -3.08. The van der Waals surface area contributed by atoms with Crippen LogP contribution in [0.2, 0.25) is 0 Å². The summed E-state index contributed by atoms with van der Waals surface area (Å²) in [5.41, 5.74) is 7.12. The Balaban J connectivity index is 1.66. The number of aromatic nitrogens is 2. The van der Waals surface area contributed by atoms with Gasteiger partial charge in [0, 0.05) is 25.7 Å². The van der Waals surface area contributed by atoms with Gasteiger partial charge in [-0.2, -0.15) is 5.10 Å². The van der Waals surface area contributed by atoms with E-state index in [1.807, 2.05) is 55.9 Å². The van der Waals surface area contributed by atoms with E-state index < -0.39 is 0 Å². The highest BCUT2D eigenvalue weighted by atomic mass is 16.1. The van der Waals surface area contributed by atoms with Crippen molar-refractivity contribution < 1.29 is 4.79 Å². The van der Waals surface area contributed by atoms with Crippen LogP contribution in [0.25, 0.3) is 5.69 Å². The van der Waals surface area contributed by atoms with E-state index in [-0.39, 0.29) is 5.91 Å². The average Bonchev–Trinajstić information content (AvgIpc) is 2.94. The van der Waals surface area contributed by atoms with Crippen LogP contribution >= 0.6 is 0 Å². The molecule has 1 aromatic heterocycles. The van der Waals surface area contributed by atoms with E-state index in [1.54, 1.807) is 0 Å². The molecule has 0 bridgehead atoms. The fourth-order valence-electron chi connectivity index (χ4n) is 3.42. The highest BCUT2D eigenvalue weighted by Crippen LogP contribution is 2.23. The summed E-state index contributed by atoms with van der Waals surface area (Å²) < 4.78 is 1.87. The maximum Gasteiger partial charge on any atom is 0.226 e. The molecule has 1 heterocycles. The molecule has 146 valence electrons. The Kier molecular flexibility index (Phi) is 5.83. The van der Waals surface area contributed by atoms with Crippen molar-refractivity contribution in [1.82, 2.24) is 9.78 Å². The Labute approximate surface area is 167 Å². The standard InChI is InChI=1S/C23H28N4O/c1-16-13-17(2)15-21(14-16)26(5)12-11-22(28)24-23-18(3)25-27(19(23)4)20-9-7-6-8-10-20/h6-10,13-15H,11-12H2,1-5H3,(H,24,28). The molecule has 2 aromatic carbocycles. The van der Waals surface area contributed by atoms with Gasteiger partial charge in [0.25, 0.3) is 0 Å². The number of hydrogen-bond donors (Lipinski definition) is 1. The largest absolute Gasteiger partial charge is 0.374 e. The minimum atomic E-state index is -0.00460. The van der Waals surface area contributed by atoms with Gasteiger partial charge in [0.2, 0.25) is 5.91 Å². The molecule has 0 atom stereocenters. The third kappa shape index (κ3) is 4.42. The highest BCUT2D eigenvalue weighted by molar-refractivity contribution is 5.92. The Morgan fingerprint density at radius 2 is 1.68 bits per heavy atom. The molecule has 0 radical (unpaired) electrons. The first kappa shape index (κ1) is 19.7. The summed E-state index contributed by atoms with van der Waals surface area (Å²) in [7, 11) is 2.02. The summed E-state index contributed by atoms with van der Waals surface area (Å²) in [5, 5.41) is 7.64. The van der Waals surface area contributed by atoms with E-state index in [4.69, 9.17) is 0 Å². The summed E-state index contributed by atoms with van der Waals surface area (Å²) in [6.45, 7) is 8.73. The zero-order valence-corrected chi connectivity index (χ0v) is 17.3. The molecule has 0 spiro atoms. The first-order chi connectivity index (χ1) is 13.3. The average molecular weight is 377 g/mol. The summed E-state index contributed by atoms with van der Waals surface area (Å²) in [6, 6.07) is 16.4. The van der Waals surface area contributed by atoms with Crippen LogP contribution in [0.3, 0.4) is 0 Å². The van der Waals surface area contributed by atoms with Crippen molar-refractivity contribution in [3.63, 3.8) is 0 Å². The van der Waals surface area contributed by atoms with Crippen LogP contribution in [0.1, 0.15) is 28.9 Å². The summed E-state index contributed by atoms with van der Waals surface area (Å²) in [5.74, 6) is -0.00460. The van der Waals surface area contributed by atoms with Gasteiger partial charge < -0.3 is 10.2 Å². The van der Waals surface area contributed by atoms with Crippen molar-refractivity contribution in [2.75, 3.05) is 23.8 Å². The zero-order chi connectivity index (χ0) is 20.3. The predicted octanol–water partition coefficient (Wildman–Crippen LogP) is 4.57. The number of benzene rings is 2. The number of anilines is 2. The maximum atomic E-state index is 12.6. The molecule has 5 nitrogen and oxygen atoms in total. The second kappa shape index (κ2) is 8.30. The smallest absolute Gasteiger partial charge is 0.226 e. The minimum Gasteiger partial charge on any atom is -0.374 e. The molecule has 3 rings (SSSR count). The number of rotatable bonds is 6. The Morgan fingerprint density at radius 1 is 1.04 bits per heavy atom. The van der Waals surface area contributed by atoms with Crippen molar-refractivity contribution >= 4 is 17.3 Å². The number of nitrogens with one attached hydrogen (secondary N) is 1. The number of carbonyl (C=O) groups is 1. The Morgan fingerprint density at radius 3 is 2.32 bits per heavy atom. The van der Waals surface area contributed by atoms with E-state index in [0.29, 0.717) is 13.0 Å². The van der Waals surface area contributed by atoms with E-state index in [9.17, 15) is 4.79 Å². The zero-order valence-electron chi connectivity index (χ0n) is 17.3. The molecule has 1 amide bonds. The molecular formula is C23H28N4O. The Bertz CT molecular complexity index is 956. The fraction of sp³-hybridized carbons (Fsp3) is 0.304.